The highest BCUT2D eigenvalue weighted by Gasteiger charge is 2.31. The highest BCUT2D eigenvalue weighted by Crippen LogP contribution is 2.25. The summed E-state index contributed by atoms with van der Waals surface area (Å²) in [4.78, 5) is 14.3. The van der Waals surface area contributed by atoms with E-state index in [-0.39, 0.29) is 17.8 Å². The van der Waals surface area contributed by atoms with Crippen molar-refractivity contribution >= 4 is 5.91 Å². The van der Waals surface area contributed by atoms with E-state index in [1.54, 1.807) is 12.1 Å². The molecule has 1 aliphatic heterocycles. The first kappa shape index (κ1) is 21.1. The van der Waals surface area contributed by atoms with Crippen molar-refractivity contribution in [3.8, 4) is 17.1 Å². The molecule has 0 spiro atoms. The summed E-state index contributed by atoms with van der Waals surface area (Å²) < 4.78 is 23.9. The van der Waals surface area contributed by atoms with Crippen molar-refractivity contribution < 1.29 is 18.4 Å². The van der Waals surface area contributed by atoms with Crippen LogP contribution < -0.4 is 10.1 Å². The van der Waals surface area contributed by atoms with Gasteiger partial charge in [0.05, 0.1) is 6.54 Å². The fourth-order valence-corrected chi connectivity index (χ4v) is 3.78. The Balaban J connectivity index is 1.21. The van der Waals surface area contributed by atoms with Crippen LogP contribution in [0.1, 0.15) is 25.0 Å². The van der Waals surface area contributed by atoms with Gasteiger partial charge in [-0.05, 0) is 43.7 Å². The van der Waals surface area contributed by atoms with Crippen LogP contribution in [-0.2, 0) is 11.3 Å². The highest BCUT2D eigenvalue weighted by atomic mass is 19.1. The highest BCUT2D eigenvalue weighted by molar-refractivity contribution is 5.78. The van der Waals surface area contributed by atoms with E-state index in [9.17, 15) is 9.18 Å². The molecule has 1 fully saturated rings. The topological polar surface area (TPSA) is 67.6 Å². The fourth-order valence-electron chi connectivity index (χ4n) is 3.78. The fraction of sp³-hybridized carbons (Fsp3) is 0.333. The zero-order valence-corrected chi connectivity index (χ0v) is 17.3. The van der Waals surface area contributed by atoms with Crippen LogP contribution in [0.4, 0.5) is 4.39 Å². The minimum atomic E-state index is -0.275. The number of carbonyl (C=O) groups excluding carboxylic acids is 1. The number of benzene rings is 2. The molecule has 31 heavy (non-hydrogen) atoms. The Hall–Kier alpha value is -3.19. The number of rotatable bonds is 10. The van der Waals surface area contributed by atoms with Crippen LogP contribution in [0.2, 0.25) is 0 Å². The Morgan fingerprint density at radius 3 is 2.74 bits per heavy atom. The molecule has 162 valence electrons. The number of aromatic nitrogens is 1. The molecule has 4 rings (SSSR count). The van der Waals surface area contributed by atoms with Gasteiger partial charge in [0.1, 0.15) is 23.9 Å². The molecule has 6 nitrogen and oxygen atoms in total. The summed E-state index contributed by atoms with van der Waals surface area (Å²) in [6.07, 6.45) is 2.30. The van der Waals surface area contributed by atoms with Crippen molar-refractivity contribution in [2.24, 2.45) is 0 Å². The molecular weight excluding hydrogens is 397 g/mol. The molecule has 1 aliphatic rings. The molecule has 0 aliphatic carbocycles. The number of hydrogen-bond donors (Lipinski definition) is 1. The zero-order chi connectivity index (χ0) is 21.5. The van der Waals surface area contributed by atoms with Gasteiger partial charge in [0.15, 0.2) is 5.76 Å². The van der Waals surface area contributed by atoms with E-state index in [1.807, 2.05) is 41.3 Å². The molecule has 1 amide bonds. The largest absolute Gasteiger partial charge is 0.492 e. The molecule has 0 unspecified atom stereocenters. The van der Waals surface area contributed by atoms with Crippen molar-refractivity contribution in [2.45, 2.75) is 31.8 Å². The predicted molar refractivity (Wildman–Crippen MR) is 115 cm³/mol. The lowest BCUT2D eigenvalue weighted by atomic mass is 10.1. The quantitative estimate of drug-likeness (QED) is 0.499. The lowest BCUT2D eigenvalue weighted by Gasteiger charge is -2.24. The van der Waals surface area contributed by atoms with Crippen LogP contribution in [-0.4, -0.2) is 41.7 Å². The van der Waals surface area contributed by atoms with Crippen molar-refractivity contribution in [1.29, 1.82) is 0 Å². The summed E-state index contributed by atoms with van der Waals surface area (Å²) in [5.41, 5.74) is 1.73. The number of carbonyl (C=O) groups is 1. The van der Waals surface area contributed by atoms with Gasteiger partial charge in [-0.15, -0.1) is 0 Å². The summed E-state index contributed by atoms with van der Waals surface area (Å²) in [5.74, 6) is 1.25. The summed E-state index contributed by atoms with van der Waals surface area (Å²) in [6.45, 7) is 2.44. The lowest BCUT2D eigenvalue weighted by molar-refractivity contribution is -0.129. The molecule has 0 radical (unpaired) electrons. The number of ether oxygens (including phenoxy) is 1. The average Bonchev–Trinajstić information content (AvgIpc) is 3.40. The van der Waals surface area contributed by atoms with E-state index in [0.717, 1.165) is 30.6 Å². The van der Waals surface area contributed by atoms with Gasteiger partial charge in [0.2, 0.25) is 5.91 Å². The number of likely N-dealkylation sites (tertiary alicyclic amines) is 1. The standard InChI is InChI=1S/C24H26FN3O3/c25-19-6-9-22(10-7-19)30-15-14-26-13-12-21-8-11-24(29)28(21)17-20-16-23(31-27-20)18-4-2-1-3-5-18/h1-7,9-10,16,21,26H,8,11-15,17H2/t21-/m1/s1. The maximum Gasteiger partial charge on any atom is 0.223 e. The normalized spacial score (nSPS) is 16.1. The first-order valence-electron chi connectivity index (χ1n) is 10.6. The molecule has 2 heterocycles. The number of halogens is 1. The second kappa shape index (κ2) is 10.2. The molecule has 3 aromatic rings. The molecular formula is C24H26FN3O3. The van der Waals surface area contributed by atoms with Gasteiger partial charge in [-0.3, -0.25) is 4.79 Å². The van der Waals surface area contributed by atoms with Crippen molar-refractivity contribution in [2.75, 3.05) is 19.7 Å². The van der Waals surface area contributed by atoms with Crippen molar-refractivity contribution in [1.82, 2.24) is 15.4 Å². The second-order valence-electron chi connectivity index (χ2n) is 7.60. The van der Waals surface area contributed by atoms with Gasteiger partial charge in [-0.25, -0.2) is 4.39 Å². The van der Waals surface area contributed by atoms with E-state index in [2.05, 4.69) is 10.5 Å². The van der Waals surface area contributed by atoms with Crippen LogP contribution in [0.25, 0.3) is 11.3 Å². The summed E-state index contributed by atoms with van der Waals surface area (Å²) >= 11 is 0. The monoisotopic (exact) mass is 423 g/mol. The molecule has 2 aromatic carbocycles. The number of hydrogen-bond acceptors (Lipinski definition) is 5. The molecule has 0 saturated carbocycles. The second-order valence-corrected chi connectivity index (χ2v) is 7.60. The number of amides is 1. The van der Waals surface area contributed by atoms with Gasteiger partial charge in [-0.1, -0.05) is 35.5 Å². The van der Waals surface area contributed by atoms with Crippen LogP contribution in [0.15, 0.2) is 65.2 Å². The average molecular weight is 423 g/mol. The molecule has 1 atom stereocenters. The van der Waals surface area contributed by atoms with Crippen molar-refractivity contribution in [3.63, 3.8) is 0 Å². The summed E-state index contributed by atoms with van der Waals surface area (Å²) in [6, 6.07) is 17.9. The van der Waals surface area contributed by atoms with E-state index < -0.39 is 0 Å². The van der Waals surface area contributed by atoms with Gasteiger partial charge in [0.25, 0.3) is 0 Å². The van der Waals surface area contributed by atoms with E-state index in [0.29, 0.717) is 37.6 Å². The lowest BCUT2D eigenvalue weighted by Crippen LogP contribution is -2.35. The molecule has 1 aromatic heterocycles. The van der Waals surface area contributed by atoms with Crippen molar-refractivity contribution in [3.05, 3.63) is 72.2 Å². The van der Waals surface area contributed by atoms with Gasteiger partial charge >= 0.3 is 0 Å². The third-order valence-electron chi connectivity index (χ3n) is 5.42. The summed E-state index contributed by atoms with van der Waals surface area (Å²) in [7, 11) is 0. The first-order chi connectivity index (χ1) is 15.2. The first-order valence-corrected chi connectivity index (χ1v) is 10.6. The van der Waals surface area contributed by atoms with Gasteiger partial charge in [0, 0.05) is 30.6 Å². The maximum atomic E-state index is 12.9. The minimum absolute atomic E-state index is 0.161. The van der Waals surface area contributed by atoms with Crippen LogP contribution in [0, 0.1) is 5.82 Å². The Kier molecular flexibility index (Phi) is 6.94. The number of nitrogens with one attached hydrogen (secondary N) is 1. The van der Waals surface area contributed by atoms with E-state index >= 15 is 0 Å². The molecule has 1 saturated heterocycles. The minimum Gasteiger partial charge on any atom is -0.492 e. The molecule has 0 bridgehead atoms. The third kappa shape index (κ3) is 5.70. The molecule has 7 heteroatoms. The summed E-state index contributed by atoms with van der Waals surface area (Å²) in [5, 5.41) is 7.50. The van der Waals surface area contributed by atoms with Gasteiger partial charge < -0.3 is 19.5 Å². The SMILES string of the molecule is O=C1CC[C@H](CCNCCOc2ccc(F)cc2)N1Cc1cc(-c2ccccc2)on1. The zero-order valence-electron chi connectivity index (χ0n) is 17.3. The van der Waals surface area contributed by atoms with E-state index in [4.69, 9.17) is 9.26 Å². The smallest absolute Gasteiger partial charge is 0.223 e. The van der Waals surface area contributed by atoms with Gasteiger partial charge in [-0.2, -0.15) is 0 Å². The van der Waals surface area contributed by atoms with E-state index in [1.165, 1.54) is 12.1 Å². The third-order valence-corrected chi connectivity index (χ3v) is 5.42. The Labute approximate surface area is 181 Å². The Morgan fingerprint density at radius 1 is 1.13 bits per heavy atom. The predicted octanol–water partition coefficient (Wildman–Crippen LogP) is 4.03. The maximum absolute atomic E-state index is 12.9. The van der Waals surface area contributed by atoms with Crippen LogP contribution >= 0.6 is 0 Å². The Morgan fingerprint density at radius 2 is 1.94 bits per heavy atom. The van der Waals surface area contributed by atoms with Crippen LogP contribution in [0.3, 0.4) is 0 Å². The van der Waals surface area contributed by atoms with Crippen LogP contribution in [0.5, 0.6) is 5.75 Å². The molecule has 1 N–H and O–H groups in total. The Bertz CT molecular complexity index is 975. The number of nitrogens with zero attached hydrogens (tertiary/aromatic N) is 2.